The number of hydrogen-bond acceptors (Lipinski definition) is 3. The molecule has 5 nitrogen and oxygen atoms in total. The second kappa shape index (κ2) is 4.20. The van der Waals surface area contributed by atoms with E-state index in [9.17, 15) is 4.79 Å². The van der Waals surface area contributed by atoms with Gasteiger partial charge >= 0.3 is 6.03 Å². The van der Waals surface area contributed by atoms with Crippen molar-refractivity contribution in [1.82, 2.24) is 14.5 Å². The molecule has 0 aromatic carbocycles. The van der Waals surface area contributed by atoms with Crippen molar-refractivity contribution in [2.45, 2.75) is 6.92 Å². The fourth-order valence-corrected chi connectivity index (χ4v) is 0.828. The van der Waals surface area contributed by atoms with E-state index in [2.05, 4.69) is 4.98 Å². The van der Waals surface area contributed by atoms with Gasteiger partial charge in [-0.1, -0.05) is 6.08 Å². The Hall–Kier alpha value is -1.91. The molecule has 0 spiro atoms. The molecule has 1 rings (SSSR count). The molecule has 0 bridgehead atoms. The number of carbonyl (C=O) groups is 1. The van der Waals surface area contributed by atoms with Crippen LogP contribution in [-0.2, 0) is 0 Å². The molecule has 0 radical (unpaired) electrons. The molecule has 13 heavy (non-hydrogen) atoms. The molecule has 1 aromatic heterocycles. The molecule has 1 heterocycles. The minimum atomic E-state index is -0.328. The van der Waals surface area contributed by atoms with E-state index in [-0.39, 0.29) is 6.03 Å². The monoisotopic (exact) mass is 178 g/mol. The van der Waals surface area contributed by atoms with Crippen molar-refractivity contribution in [1.29, 1.82) is 5.41 Å². The van der Waals surface area contributed by atoms with Crippen LogP contribution in [0.4, 0.5) is 4.79 Å². The van der Waals surface area contributed by atoms with E-state index in [1.54, 1.807) is 13.0 Å². The first-order valence-electron chi connectivity index (χ1n) is 3.73. The van der Waals surface area contributed by atoms with Crippen molar-refractivity contribution in [2.75, 3.05) is 0 Å². The zero-order valence-electron chi connectivity index (χ0n) is 7.21. The molecular weight excluding hydrogens is 168 g/mol. The Kier molecular flexibility index (Phi) is 2.97. The molecular formula is C8H10N4O. The average Bonchev–Trinajstić information content (AvgIpc) is 2.65. The quantitative estimate of drug-likeness (QED) is 0.548. The van der Waals surface area contributed by atoms with Gasteiger partial charge < -0.3 is 0 Å². The number of nitrogens with zero attached hydrogens (tertiary/aromatic N) is 3. The van der Waals surface area contributed by atoms with Crippen molar-refractivity contribution in [3.05, 3.63) is 31.0 Å². The van der Waals surface area contributed by atoms with Gasteiger partial charge in [0, 0.05) is 18.6 Å². The Labute approximate surface area is 75.8 Å². The number of rotatable bonds is 2. The third-order valence-corrected chi connectivity index (χ3v) is 1.39. The van der Waals surface area contributed by atoms with Crippen LogP contribution in [0.15, 0.2) is 31.0 Å². The number of aromatic nitrogens is 2. The summed E-state index contributed by atoms with van der Waals surface area (Å²) < 4.78 is 1.30. The minimum absolute atomic E-state index is 0.328. The Morgan fingerprint density at radius 2 is 2.46 bits per heavy atom. The molecule has 0 saturated heterocycles. The summed E-state index contributed by atoms with van der Waals surface area (Å²) in [6.07, 6.45) is 8.57. The van der Waals surface area contributed by atoms with Gasteiger partial charge in [-0.3, -0.25) is 14.9 Å². The summed E-state index contributed by atoms with van der Waals surface area (Å²) in [5, 5.41) is 6.99. The highest BCUT2D eigenvalue weighted by Crippen LogP contribution is 1.94. The topological polar surface area (TPSA) is 62.0 Å². The Morgan fingerprint density at radius 1 is 1.69 bits per heavy atom. The van der Waals surface area contributed by atoms with Crippen LogP contribution in [0.2, 0.25) is 0 Å². The van der Waals surface area contributed by atoms with Gasteiger partial charge in [-0.2, -0.15) is 0 Å². The van der Waals surface area contributed by atoms with Crippen molar-refractivity contribution in [3.63, 3.8) is 0 Å². The molecule has 68 valence electrons. The normalized spacial score (nSPS) is 10.2. The largest absolute Gasteiger partial charge is 0.338 e. The number of nitrogens with one attached hydrogen (secondary N) is 1. The van der Waals surface area contributed by atoms with Crippen LogP contribution >= 0.6 is 0 Å². The molecule has 1 aromatic rings. The first-order chi connectivity index (χ1) is 6.29. The molecule has 0 fully saturated rings. The second-order valence-electron chi connectivity index (χ2n) is 2.27. The van der Waals surface area contributed by atoms with Gasteiger partial charge in [-0.05, 0) is 6.92 Å². The minimum Gasteiger partial charge on any atom is -0.291 e. The summed E-state index contributed by atoms with van der Waals surface area (Å²) in [6.45, 7) is 1.78. The van der Waals surface area contributed by atoms with Gasteiger partial charge in [0.05, 0.1) is 6.34 Å². The van der Waals surface area contributed by atoms with Crippen molar-refractivity contribution < 1.29 is 4.79 Å². The molecule has 0 aliphatic heterocycles. The third kappa shape index (κ3) is 2.02. The van der Waals surface area contributed by atoms with Crippen molar-refractivity contribution in [3.8, 4) is 0 Å². The zero-order chi connectivity index (χ0) is 9.68. The molecule has 0 atom stereocenters. The van der Waals surface area contributed by atoms with Gasteiger partial charge in [0.1, 0.15) is 6.33 Å². The molecule has 1 amide bonds. The number of hydrogen-bond donors (Lipinski definition) is 1. The lowest BCUT2D eigenvalue weighted by molar-refractivity contribution is 0.232. The van der Waals surface area contributed by atoms with E-state index >= 15 is 0 Å². The molecule has 0 aliphatic carbocycles. The lowest BCUT2D eigenvalue weighted by Crippen LogP contribution is -2.27. The summed E-state index contributed by atoms with van der Waals surface area (Å²) in [7, 11) is 0. The van der Waals surface area contributed by atoms with Gasteiger partial charge in [0.2, 0.25) is 0 Å². The van der Waals surface area contributed by atoms with Crippen LogP contribution in [0.25, 0.3) is 0 Å². The fraction of sp³-hybridized carbons (Fsp3) is 0.125. The lowest BCUT2D eigenvalue weighted by Gasteiger charge is -2.10. The highest BCUT2D eigenvalue weighted by Gasteiger charge is 2.08. The highest BCUT2D eigenvalue weighted by molar-refractivity contribution is 5.88. The third-order valence-electron chi connectivity index (χ3n) is 1.39. The van der Waals surface area contributed by atoms with Crippen LogP contribution in [0.1, 0.15) is 6.92 Å². The number of allylic oxidation sites excluding steroid dienone is 1. The molecule has 0 unspecified atom stereocenters. The Morgan fingerprint density at radius 3 is 2.92 bits per heavy atom. The van der Waals surface area contributed by atoms with Gasteiger partial charge in [0.25, 0.3) is 0 Å². The summed E-state index contributed by atoms with van der Waals surface area (Å²) in [5.41, 5.74) is 0. The van der Waals surface area contributed by atoms with E-state index in [4.69, 9.17) is 5.41 Å². The maximum Gasteiger partial charge on any atom is 0.338 e. The second-order valence-corrected chi connectivity index (χ2v) is 2.27. The Balaban J connectivity index is 2.82. The summed E-state index contributed by atoms with van der Waals surface area (Å²) in [6, 6.07) is -0.328. The number of amides is 1. The van der Waals surface area contributed by atoms with Gasteiger partial charge in [-0.15, -0.1) is 0 Å². The lowest BCUT2D eigenvalue weighted by atomic mass is 10.6. The predicted molar refractivity (Wildman–Crippen MR) is 48.5 cm³/mol. The maximum atomic E-state index is 11.5. The maximum absolute atomic E-state index is 11.5. The number of carbonyl (C=O) groups excluding carboxylic acids is 1. The fourth-order valence-electron chi connectivity index (χ4n) is 0.828. The van der Waals surface area contributed by atoms with Crippen molar-refractivity contribution in [2.24, 2.45) is 0 Å². The van der Waals surface area contributed by atoms with E-state index in [0.717, 1.165) is 11.2 Å². The summed E-state index contributed by atoms with van der Waals surface area (Å²) in [5.74, 6) is 0. The molecule has 1 N–H and O–H groups in total. The standard InChI is InChI=1S/C8H10N4O/c1-2-4-11(6-9)8(13)12-5-3-10-7-12/h2-7,9H,1H3/b4-2-,9-6?. The summed E-state index contributed by atoms with van der Waals surface area (Å²) in [4.78, 5) is 16.4. The van der Waals surface area contributed by atoms with Crippen LogP contribution in [-0.4, -0.2) is 26.8 Å². The first-order valence-corrected chi connectivity index (χ1v) is 3.73. The first kappa shape index (κ1) is 9.18. The van der Waals surface area contributed by atoms with E-state index in [1.165, 1.54) is 29.5 Å². The zero-order valence-corrected chi connectivity index (χ0v) is 7.21. The van der Waals surface area contributed by atoms with Crippen LogP contribution in [0, 0.1) is 5.41 Å². The summed E-state index contributed by atoms with van der Waals surface area (Å²) >= 11 is 0. The molecule has 0 aliphatic rings. The van der Waals surface area contributed by atoms with Gasteiger partial charge in [0.15, 0.2) is 0 Å². The predicted octanol–water partition coefficient (Wildman–Crippen LogP) is 1.29. The van der Waals surface area contributed by atoms with E-state index < -0.39 is 0 Å². The number of imidazole rings is 1. The smallest absolute Gasteiger partial charge is 0.291 e. The van der Waals surface area contributed by atoms with Gasteiger partial charge in [-0.25, -0.2) is 9.78 Å². The van der Waals surface area contributed by atoms with E-state index in [0.29, 0.717) is 0 Å². The molecule has 5 heteroatoms. The van der Waals surface area contributed by atoms with Crippen molar-refractivity contribution >= 4 is 12.4 Å². The SMILES string of the molecule is C/C=C\N(C=N)C(=O)n1ccnc1. The van der Waals surface area contributed by atoms with Crippen LogP contribution < -0.4 is 0 Å². The highest BCUT2D eigenvalue weighted by atomic mass is 16.2. The Bertz CT molecular complexity index is 315. The molecule has 0 saturated carbocycles. The average molecular weight is 178 g/mol. The van der Waals surface area contributed by atoms with Crippen LogP contribution in [0.3, 0.4) is 0 Å². The van der Waals surface area contributed by atoms with E-state index in [1.807, 2.05) is 0 Å². The van der Waals surface area contributed by atoms with Crippen LogP contribution in [0.5, 0.6) is 0 Å².